The minimum atomic E-state index is 0.281. The minimum Gasteiger partial charge on any atom is -0.352 e. The summed E-state index contributed by atoms with van der Waals surface area (Å²) in [5, 5.41) is 3.48. The Morgan fingerprint density at radius 1 is 1.20 bits per heavy atom. The van der Waals surface area contributed by atoms with Crippen molar-refractivity contribution in [3.8, 4) is 0 Å². The summed E-state index contributed by atoms with van der Waals surface area (Å²) in [6, 6.07) is 8.54. The Hall–Kier alpha value is -2.04. The second-order valence-electron chi connectivity index (χ2n) is 7.97. The number of hydrogen-bond donors (Lipinski definition) is 1. The van der Waals surface area contributed by atoms with E-state index in [0.29, 0.717) is 11.8 Å². The average molecular weight is 342 g/mol. The molecule has 2 aliphatic rings. The van der Waals surface area contributed by atoms with E-state index in [0.717, 1.165) is 45.1 Å². The first-order valence-electron chi connectivity index (χ1n) is 9.28. The molecule has 2 aliphatic heterocycles. The van der Waals surface area contributed by atoms with Gasteiger partial charge in [0, 0.05) is 46.2 Å². The first-order chi connectivity index (χ1) is 12.0. The number of aliphatic imine (C=N–C) groups is 1. The van der Waals surface area contributed by atoms with Gasteiger partial charge in [0.25, 0.3) is 0 Å². The lowest BCUT2D eigenvalue weighted by molar-refractivity contribution is -0.128. The topological polar surface area (TPSA) is 47.9 Å². The van der Waals surface area contributed by atoms with Crippen molar-refractivity contribution in [1.29, 1.82) is 0 Å². The van der Waals surface area contributed by atoms with Crippen LogP contribution in [0.5, 0.6) is 0 Å². The van der Waals surface area contributed by atoms with Crippen LogP contribution in [0.2, 0.25) is 0 Å². The molecule has 5 nitrogen and oxygen atoms in total. The van der Waals surface area contributed by atoms with E-state index >= 15 is 0 Å². The third-order valence-corrected chi connectivity index (χ3v) is 5.21. The molecule has 1 amide bonds. The van der Waals surface area contributed by atoms with Crippen LogP contribution in [0.1, 0.15) is 44.2 Å². The van der Waals surface area contributed by atoms with Gasteiger partial charge in [-0.3, -0.25) is 9.79 Å². The molecule has 2 fully saturated rings. The van der Waals surface area contributed by atoms with E-state index in [4.69, 9.17) is 0 Å². The zero-order valence-electron chi connectivity index (χ0n) is 15.7. The summed E-state index contributed by atoms with van der Waals surface area (Å²) in [5.41, 5.74) is 2.80. The Kier molecular flexibility index (Phi) is 5.30. The van der Waals surface area contributed by atoms with Crippen LogP contribution in [-0.2, 0) is 17.9 Å². The van der Waals surface area contributed by atoms with Crippen molar-refractivity contribution in [3.05, 3.63) is 35.4 Å². The Bertz CT molecular complexity index is 636. The molecule has 0 aromatic heterocycles. The molecular formula is C20H30N4O. The third kappa shape index (κ3) is 4.53. The maximum Gasteiger partial charge on any atom is 0.222 e. The normalized spacial score (nSPS) is 20.4. The molecule has 25 heavy (non-hydrogen) atoms. The number of likely N-dealkylation sites (tertiary alicyclic amines) is 2. The number of nitrogens with zero attached hydrogens (tertiary/aromatic N) is 3. The van der Waals surface area contributed by atoms with Gasteiger partial charge < -0.3 is 15.1 Å². The van der Waals surface area contributed by atoms with E-state index in [1.165, 1.54) is 17.5 Å². The van der Waals surface area contributed by atoms with Crippen molar-refractivity contribution in [1.82, 2.24) is 15.1 Å². The van der Waals surface area contributed by atoms with Gasteiger partial charge in [-0.15, -0.1) is 0 Å². The lowest BCUT2D eigenvalue weighted by Gasteiger charge is -2.23. The van der Waals surface area contributed by atoms with Gasteiger partial charge in [0.2, 0.25) is 5.91 Å². The lowest BCUT2D eigenvalue weighted by atomic mass is 9.93. The highest BCUT2D eigenvalue weighted by Crippen LogP contribution is 2.28. The van der Waals surface area contributed by atoms with Crippen molar-refractivity contribution in [3.63, 3.8) is 0 Å². The van der Waals surface area contributed by atoms with E-state index in [2.05, 4.69) is 53.3 Å². The van der Waals surface area contributed by atoms with Crippen LogP contribution in [0, 0.1) is 5.41 Å². The van der Waals surface area contributed by atoms with Gasteiger partial charge in [-0.05, 0) is 29.4 Å². The largest absolute Gasteiger partial charge is 0.352 e. The number of rotatable bonds is 4. The molecule has 0 unspecified atom stereocenters. The van der Waals surface area contributed by atoms with E-state index in [-0.39, 0.29) is 5.91 Å². The maximum atomic E-state index is 11.7. The fourth-order valence-corrected chi connectivity index (χ4v) is 3.66. The summed E-state index contributed by atoms with van der Waals surface area (Å²) < 4.78 is 0. The van der Waals surface area contributed by atoms with Gasteiger partial charge >= 0.3 is 0 Å². The Morgan fingerprint density at radius 2 is 1.92 bits per heavy atom. The molecule has 2 heterocycles. The van der Waals surface area contributed by atoms with Crippen molar-refractivity contribution in [2.45, 2.75) is 46.2 Å². The van der Waals surface area contributed by atoms with Crippen LogP contribution in [-0.4, -0.2) is 48.3 Å². The minimum absolute atomic E-state index is 0.281. The number of benzene rings is 1. The van der Waals surface area contributed by atoms with E-state index < -0.39 is 0 Å². The number of amides is 1. The summed E-state index contributed by atoms with van der Waals surface area (Å²) >= 11 is 0. The first kappa shape index (κ1) is 17.8. The molecule has 2 saturated heterocycles. The van der Waals surface area contributed by atoms with Gasteiger partial charge in [-0.2, -0.15) is 0 Å². The van der Waals surface area contributed by atoms with Crippen LogP contribution in [0.15, 0.2) is 29.3 Å². The van der Waals surface area contributed by atoms with E-state index in [1.807, 2.05) is 11.9 Å². The summed E-state index contributed by atoms with van der Waals surface area (Å²) in [6.45, 7) is 9.13. The molecule has 0 spiro atoms. The zero-order valence-corrected chi connectivity index (χ0v) is 15.7. The monoisotopic (exact) mass is 342 g/mol. The first-order valence-corrected chi connectivity index (χ1v) is 9.28. The van der Waals surface area contributed by atoms with Gasteiger partial charge in [0.15, 0.2) is 5.96 Å². The number of guanidine groups is 1. The molecule has 0 saturated carbocycles. The van der Waals surface area contributed by atoms with Crippen molar-refractivity contribution in [2.75, 3.05) is 26.7 Å². The predicted molar refractivity (Wildman–Crippen MR) is 101 cm³/mol. The van der Waals surface area contributed by atoms with Crippen molar-refractivity contribution < 1.29 is 4.79 Å². The molecule has 3 rings (SSSR count). The zero-order chi connectivity index (χ0) is 17.9. The van der Waals surface area contributed by atoms with E-state index in [1.54, 1.807) is 0 Å². The second kappa shape index (κ2) is 7.46. The maximum absolute atomic E-state index is 11.7. The molecular weight excluding hydrogens is 312 g/mol. The van der Waals surface area contributed by atoms with Gasteiger partial charge in [-0.1, -0.05) is 38.1 Å². The Morgan fingerprint density at radius 3 is 2.48 bits per heavy atom. The van der Waals surface area contributed by atoms with Gasteiger partial charge in [-0.25, -0.2) is 0 Å². The standard InChI is InChI=1S/C20H30N4O/c1-20(2)10-12-24(15-20)19(21-3)22-13-16-6-8-17(9-7-16)14-23-11-4-5-18(23)25/h6-9H,4-5,10-15H2,1-3H3,(H,21,22). The average Bonchev–Trinajstić information content (AvgIpc) is 3.15. The quantitative estimate of drug-likeness (QED) is 0.676. The highest BCUT2D eigenvalue weighted by Gasteiger charge is 2.30. The molecule has 1 aromatic carbocycles. The summed E-state index contributed by atoms with van der Waals surface area (Å²) in [5.74, 6) is 1.26. The fraction of sp³-hybridized carbons (Fsp3) is 0.600. The molecule has 0 bridgehead atoms. The van der Waals surface area contributed by atoms with Crippen molar-refractivity contribution in [2.24, 2.45) is 10.4 Å². The van der Waals surface area contributed by atoms with Crippen LogP contribution in [0.4, 0.5) is 0 Å². The third-order valence-electron chi connectivity index (χ3n) is 5.21. The highest BCUT2D eigenvalue weighted by atomic mass is 16.2. The number of carbonyl (C=O) groups excluding carboxylic acids is 1. The van der Waals surface area contributed by atoms with Crippen LogP contribution in [0.25, 0.3) is 0 Å². The van der Waals surface area contributed by atoms with Crippen LogP contribution < -0.4 is 5.32 Å². The fourth-order valence-electron chi connectivity index (χ4n) is 3.66. The number of hydrogen-bond acceptors (Lipinski definition) is 2. The molecule has 136 valence electrons. The van der Waals surface area contributed by atoms with Crippen molar-refractivity contribution >= 4 is 11.9 Å². The Balaban J connectivity index is 1.52. The summed E-state index contributed by atoms with van der Waals surface area (Å²) in [6.07, 6.45) is 2.90. The van der Waals surface area contributed by atoms with Gasteiger partial charge in [0.1, 0.15) is 0 Å². The lowest BCUT2D eigenvalue weighted by Crippen LogP contribution is -2.40. The second-order valence-corrected chi connectivity index (χ2v) is 7.97. The summed E-state index contributed by atoms with van der Waals surface area (Å²) in [7, 11) is 1.85. The molecule has 0 aliphatic carbocycles. The molecule has 0 radical (unpaired) electrons. The van der Waals surface area contributed by atoms with E-state index in [9.17, 15) is 4.79 Å². The number of carbonyl (C=O) groups is 1. The smallest absolute Gasteiger partial charge is 0.222 e. The molecule has 0 atom stereocenters. The van der Waals surface area contributed by atoms with Gasteiger partial charge in [0.05, 0.1) is 0 Å². The SMILES string of the molecule is CN=C(NCc1ccc(CN2CCCC2=O)cc1)N1CCC(C)(C)C1. The molecule has 5 heteroatoms. The Labute approximate surface area is 151 Å². The molecule has 1 aromatic rings. The number of nitrogens with one attached hydrogen (secondary N) is 1. The summed E-state index contributed by atoms with van der Waals surface area (Å²) in [4.78, 5) is 20.4. The predicted octanol–water partition coefficient (Wildman–Crippen LogP) is 2.62. The van der Waals surface area contributed by atoms with Crippen LogP contribution in [0.3, 0.4) is 0 Å². The van der Waals surface area contributed by atoms with Crippen LogP contribution >= 0.6 is 0 Å². The molecule has 1 N–H and O–H groups in total. The highest BCUT2D eigenvalue weighted by molar-refractivity contribution is 5.80.